The molecule has 0 aliphatic heterocycles. The van der Waals surface area contributed by atoms with Gasteiger partial charge >= 0.3 is 0 Å². The van der Waals surface area contributed by atoms with Crippen molar-refractivity contribution >= 4 is 0 Å². The van der Waals surface area contributed by atoms with E-state index in [1.54, 1.807) is 0 Å². The summed E-state index contributed by atoms with van der Waals surface area (Å²) in [5.74, 6) is 6.38. The molecule has 88 valence electrons. The molecule has 0 spiro atoms. The largest absolute Gasteiger partial charge is 0.124 e. The van der Waals surface area contributed by atoms with E-state index < -0.39 is 0 Å². The van der Waals surface area contributed by atoms with Crippen molar-refractivity contribution in [3.8, 4) is 25.2 Å². The number of hydrogen-bond acceptors (Lipinski definition) is 0. The Balaban J connectivity index is 0.000000606. The van der Waals surface area contributed by atoms with Crippen LogP contribution in [-0.2, 0) is 0 Å². The summed E-state index contributed by atoms with van der Waals surface area (Å²) in [5, 5.41) is 0. The summed E-state index contributed by atoms with van der Waals surface area (Å²) in [6.07, 6.45) is 18.9. The van der Waals surface area contributed by atoms with E-state index in [-0.39, 0.29) is 0 Å². The van der Waals surface area contributed by atoms with Crippen LogP contribution in [0.5, 0.6) is 0 Å². The third-order valence-electron chi connectivity index (χ3n) is 4.74. The first-order valence-electron chi connectivity index (χ1n) is 6.42. The van der Waals surface area contributed by atoms with E-state index in [1.807, 2.05) is 0 Å². The Labute approximate surface area is 101 Å². The third kappa shape index (κ3) is 1.99. The molecule has 0 bridgehead atoms. The first-order chi connectivity index (χ1) is 7.62. The van der Waals surface area contributed by atoms with Crippen LogP contribution in [0.3, 0.4) is 0 Å². The van der Waals surface area contributed by atoms with Crippen molar-refractivity contribution in [3.05, 3.63) is 0 Å². The normalized spacial score (nSPS) is 38.5. The molecule has 2 saturated carbocycles. The summed E-state index contributed by atoms with van der Waals surface area (Å²) in [7, 11) is 0. The zero-order valence-corrected chi connectivity index (χ0v) is 10.9. The number of hydrogen-bond donors (Lipinski definition) is 0. The van der Waals surface area contributed by atoms with Gasteiger partial charge in [0, 0.05) is 5.92 Å². The third-order valence-corrected chi connectivity index (χ3v) is 4.74. The molecule has 0 radical (unpaired) electrons. The van der Waals surface area contributed by atoms with Gasteiger partial charge in [0.1, 0.15) is 0 Å². The van der Waals surface area contributed by atoms with Crippen molar-refractivity contribution in [2.45, 2.75) is 46.5 Å². The number of rotatable bonds is 2. The van der Waals surface area contributed by atoms with Crippen LogP contribution in [0.2, 0.25) is 0 Å². The molecule has 0 aromatic rings. The van der Waals surface area contributed by atoms with Crippen molar-refractivity contribution in [3.63, 3.8) is 0 Å². The zero-order valence-electron chi connectivity index (χ0n) is 10.9. The monoisotopic (exact) mass is 216 g/mol. The first-order valence-corrected chi connectivity index (χ1v) is 6.42. The Hall–Kier alpha value is -0.880. The van der Waals surface area contributed by atoms with Gasteiger partial charge in [0.2, 0.25) is 0 Å². The lowest BCUT2D eigenvalue weighted by molar-refractivity contribution is 0.249. The molecule has 16 heavy (non-hydrogen) atoms. The second-order valence-corrected chi connectivity index (χ2v) is 5.76. The lowest BCUT2D eigenvalue weighted by Gasteiger charge is -2.27. The predicted molar refractivity (Wildman–Crippen MR) is 70.6 cm³/mol. The average Bonchev–Trinajstić information content (AvgIpc) is 2.86. The standard InChI is InChI=1S/C14H22.C2H2/c1-5-7-11-10(6-2)8-9-12-13(11)14(12,3)4;1-2/h2,10-13H,5,7-9H2,1,3-4H3;1-2H. The van der Waals surface area contributed by atoms with E-state index in [0.717, 1.165) is 17.8 Å². The fraction of sp³-hybridized carbons (Fsp3) is 0.750. The van der Waals surface area contributed by atoms with Crippen LogP contribution in [0.1, 0.15) is 46.5 Å². The van der Waals surface area contributed by atoms with Gasteiger partial charge in [-0.05, 0) is 42.4 Å². The van der Waals surface area contributed by atoms with Gasteiger partial charge in [-0.25, -0.2) is 0 Å². The molecule has 2 aliphatic rings. The van der Waals surface area contributed by atoms with Crippen LogP contribution in [0.4, 0.5) is 0 Å². The highest BCUT2D eigenvalue weighted by molar-refractivity contribution is 5.15. The fourth-order valence-corrected chi connectivity index (χ4v) is 3.93. The molecule has 0 N–H and O–H groups in total. The maximum Gasteiger partial charge on any atom is 0.0231 e. The SMILES string of the molecule is C#C.C#CC1CCC2C(C1CCC)C2(C)C. The Morgan fingerprint density at radius 3 is 2.38 bits per heavy atom. The van der Waals surface area contributed by atoms with E-state index in [2.05, 4.69) is 39.5 Å². The molecule has 2 aliphatic carbocycles. The zero-order chi connectivity index (χ0) is 12.3. The molecule has 0 aromatic carbocycles. The number of fused-ring (bicyclic) bond motifs is 1. The smallest absolute Gasteiger partial charge is 0.0231 e. The van der Waals surface area contributed by atoms with Crippen LogP contribution in [0.25, 0.3) is 0 Å². The molecule has 4 unspecified atom stereocenters. The Morgan fingerprint density at radius 2 is 1.88 bits per heavy atom. The summed E-state index contributed by atoms with van der Waals surface area (Å²) in [5.41, 5.74) is 0.603. The van der Waals surface area contributed by atoms with Gasteiger partial charge in [-0.1, -0.05) is 27.2 Å². The molecule has 2 rings (SSSR count). The summed E-state index contributed by atoms with van der Waals surface area (Å²) in [6.45, 7) is 7.15. The van der Waals surface area contributed by atoms with E-state index in [0.29, 0.717) is 11.3 Å². The molecule has 0 nitrogen and oxygen atoms in total. The van der Waals surface area contributed by atoms with E-state index in [9.17, 15) is 0 Å². The maximum absolute atomic E-state index is 5.64. The van der Waals surface area contributed by atoms with Gasteiger partial charge in [-0.3, -0.25) is 0 Å². The second kappa shape index (κ2) is 4.97. The van der Waals surface area contributed by atoms with E-state index in [1.165, 1.54) is 25.7 Å². The summed E-state index contributed by atoms with van der Waals surface area (Å²) < 4.78 is 0. The van der Waals surface area contributed by atoms with Crippen molar-refractivity contribution in [2.24, 2.45) is 29.1 Å². The molecule has 0 heterocycles. The highest BCUT2D eigenvalue weighted by atomic mass is 14.7. The minimum Gasteiger partial charge on any atom is -0.124 e. The van der Waals surface area contributed by atoms with Crippen molar-refractivity contribution in [1.82, 2.24) is 0 Å². The predicted octanol–water partition coefficient (Wildman–Crippen LogP) is 3.97. The van der Waals surface area contributed by atoms with Gasteiger partial charge in [0.05, 0.1) is 0 Å². The highest BCUT2D eigenvalue weighted by Crippen LogP contribution is 2.68. The average molecular weight is 216 g/mol. The number of terminal acetylenes is 2. The quantitative estimate of drug-likeness (QED) is 0.613. The lowest BCUT2D eigenvalue weighted by Crippen LogP contribution is -2.21. The Morgan fingerprint density at radius 1 is 1.25 bits per heavy atom. The minimum absolute atomic E-state index is 0.581. The molecule has 0 saturated heterocycles. The Kier molecular flexibility index (Phi) is 4.09. The molecule has 2 fully saturated rings. The van der Waals surface area contributed by atoms with Gasteiger partial charge in [0.25, 0.3) is 0 Å². The van der Waals surface area contributed by atoms with Crippen LogP contribution >= 0.6 is 0 Å². The van der Waals surface area contributed by atoms with Crippen LogP contribution in [0, 0.1) is 54.3 Å². The lowest BCUT2D eigenvalue weighted by atomic mass is 9.77. The van der Waals surface area contributed by atoms with Gasteiger partial charge in [-0.15, -0.1) is 25.2 Å². The highest BCUT2D eigenvalue weighted by Gasteiger charge is 2.62. The molecule has 0 aromatic heterocycles. The van der Waals surface area contributed by atoms with Crippen molar-refractivity contribution < 1.29 is 0 Å². The second-order valence-electron chi connectivity index (χ2n) is 5.76. The van der Waals surface area contributed by atoms with Crippen LogP contribution in [-0.4, -0.2) is 0 Å². The Bertz CT molecular complexity index is 289. The summed E-state index contributed by atoms with van der Waals surface area (Å²) in [6, 6.07) is 0. The minimum atomic E-state index is 0.581. The summed E-state index contributed by atoms with van der Waals surface area (Å²) in [4.78, 5) is 0. The topological polar surface area (TPSA) is 0 Å². The maximum atomic E-state index is 5.64. The van der Waals surface area contributed by atoms with Gasteiger partial charge in [0.15, 0.2) is 0 Å². The molecule has 4 atom stereocenters. The van der Waals surface area contributed by atoms with Gasteiger partial charge < -0.3 is 0 Å². The molecular formula is C16H24. The molecular weight excluding hydrogens is 192 g/mol. The first kappa shape index (κ1) is 13.2. The van der Waals surface area contributed by atoms with Crippen LogP contribution < -0.4 is 0 Å². The van der Waals surface area contributed by atoms with Crippen molar-refractivity contribution in [2.75, 3.05) is 0 Å². The van der Waals surface area contributed by atoms with E-state index >= 15 is 0 Å². The van der Waals surface area contributed by atoms with E-state index in [4.69, 9.17) is 6.42 Å². The summed E-state index contributed by atoms with van der Waals surface area (Å²) >= 11 is 0. The van der Waals surface area contributed by atoms with Gasteiger partial charge in [-0.2, -0.15) is 0 Å². The van der Waals surface area contributed by atoms with Crippen molar-refractivity contribution in [1.29, 1.82) is 0 Å². The van der Waals surface area contributed by atoms with Crippen LogP contribution in [0.15, 0.2) is 0 Å². The molecule has 0 amide bonds. The molecule has 0 heteroatoms. The fourth-order valence-electron chi connectivity index (χ4n) is 3.93.